The molecule has 2 saturated heterocycles. The van der Waals surface area contributed by atoms with Gasteiger partial charge in [-0.25, -0.2) is 26.8 Å². The maximum Gasteiger partial charge on any atom is 0.306 e. The molecule has 2 saturated carbocycles. The van der Waals surface area contributed by atoms with Crippen molar-refractivity contribution in [3.63, 3.8) is 0 Å². The van der Waals surface area contributed by atoms with Crippen LogP contribution < -0.4 is 8.61 Å². The summed E-state index contributed by atoms with van der Waals surface area (Å²) >= 11 is 25.1. The Morgan fingerprint density at radius 1 is 0.536 bits per heavy atom. The molecule has 84 heavy (non-hydrogen) atoms. The van der Waals surface area contributed by atoms with Gasteiger partial charge in [-0.05, 0) is 134 Å². The van der Waals surface area contributed by atoms with E-state index in [-0.39, 0.29) is 24.7 Å². The van der Waals surface area contributed by atoms with E-state index >= 15 is 0 Å². The second-order valence-corrected chi connectivity index (χ2v) is 27.0. The number of sulfonamides is 2. The van der Waals surface area contributed by atoms with Crippen molar-refractivity contribution in [2.75, 3.05) is 21.7 Å². The van der Waals surface area contributed by atoms with Gasteiger partial charge in [-0.2, -0.15) is 0 Å². The molecule has 2 aromatic heterocycles. The minimum absolute atomic E-state index is 0.0652. The van der Waals surface area contributed by atoms with Crippen LogP contribution in [0.3, 0.4) is 0 Å². The number of rotatable bonds is 22. The summed E-state index contributed by atoms with van der Waals surface area (Å²) in [7, 11) is -7.52. The number of carboxylic acids is 2. The van der Waals surface area contributed by atoms with Crippen LogP contribution in [0.25, 0.3) is 0 Å². The molecule has 444 valence electrons. The maximum absolute atomic E-state index is 14.2. The fraction of sp³-hybridized carbons (Fsp3) is 0.367. The predicted molar refractivity (Wildman–Crippen MR) is 320 cm³/mol. The van der Waals surface area contributed by atoms with E-state index in [1.54, 1.807) is 131 Å². The van der Waals surface area contributed by atoms with E-state index in [0.717, 1.165) is 0 Å². The molecule has 0 bridgehead atoms. The van der Waals surface area contributed by atoms with E-state index < -0.39 is 116 Å². The molecule has 24 heteroatoms. The number of amides is 2. The van der Waals surface area contributed by atoms with Crippen LogP contribution in [0.4, 0.5) is 11.6 Å². The topological polar surface area (TPSA) is 234 Å². The number of morpholine rings is 2. The SMILES string of the molecule is CC[C@@H](CN(c1ccccn1)S(=O)(=O)C1CC1)N1C(=O)[C@@H](CC(=O)O)O[C@H](c2cccc(Cl)c2)[C@H]1c1ccc(Cl)cc1.CC[C@@H](CN(c1ccccn1)S(=O)(=O)C1CC1)N1C(=O)[C@H](CC(=O)O)O[C@H](c2cccc(Cl)c2)[C@H]1c1ccc(Cl)cc1. The number of carbonyl (C=O) groups excluding carboxylic acids is 2. The summed E-state index contributed by atoms with van der Waals surface area (Å²) in [6.07, 6.45) is 0.736. The first-order chi connectivity index (χ1) is 40.2. The minimum atomic E-state index is -3.76. The van der Waals surface area contributed by atoms with Crippen molar-refractivity contribution in [3.8, 4) is 0 Å². The summed E-state index contributed by atoms with van der Waals surface area (Å²) in [6, 6.07) is 35.3. The van der Waals surface area contributed by atoms with Gasteiger partial charge in [0.1, 0.15) is 36.1 Å². The molecule has 10 rings (SSSR count). The van der Waals surface area contributed by atoms with E-state index in [1.165, 1.54) is 21.0 Å². The molecular weight excluding hydrogens is 1200 g/mol. The highest BCUT2D eigenvalue weighted by molar-refractivity contribution is 7.94. The number of pyridine rings is 2. The normalized spacial score (nSPS) is 21.6. The third-order valence-corrected chi connectivity index (χ3v) is 20.7. The van der Waals surface area contributed by atoms with Gasteiger partial charge in [0.05, 0.1) is 60.6 Å². The van der Waals surface area contributed by atoms with Gasteiger partial charge in [-0.1, -0.05) is 121 Å². The fourth-order valence-corrected chi connectivity index (χ4v) is 15.1. The molecule has 2 N–H and O–H groups in total. The zero-order valence-electron chi connectivity index (χ0n) is 45.7. The van der Waals surface area contributed by atoms with Crippen LogP contribution in [-0.4, -0.2) is 118 Å². The molecule has 2 amide bonds. The second-order valence-electron chi connectivity index (χ2n) is 20.9. The molecule has 4 aliphatic rings. The molecule has 4 heterocycles. The first kappa shape index (κ1) is 62.2. The molecule has 0 spiro atoms. The number of halogens is 4. The largest absolute Gasteiger partial charge is 0.481 e. The van der Waals surface area contributed by atoms with E-state index in [2.05, 4.69) is 9.97 Å². The Morgan fingerprint density at radius 3 is 1.20 bits per heavy atom. The van der Waals surface area contributed by atoms with Crippen LogP contribution in [0.5, 0.6) is 0 Å². The molecule has 2 aliphatic carbocycles. The third-order valence-electron chi connectivity index (χ3n) is 15.1. The zero-order valence-corrected chi connectivity index (χ0v) is 50.3. The van der Waals surface area contributed by atoms with E-state index in [9.17, 15) is 46.2 Å². The molecule has 4 fully saturated rings. The number of ether oxygens (including phenoxy) is 2. The summed E-state index contributed by atoms with van der Waals surface area (Å²) in [5, 5.41) is 20.2. The van der Waals surface area contributed by atoms with Gasteiger partial charge in [0.2, 0.25) is 20.0 Å². The summed E-state index contributed by atoms with van der Waals surface area (Å²) in [5.41, 5.74) is 2.69. The number of hydrogen-bond acceptors (Lipinski definition) is 12. The number of hydrogen-bond donors (Lipinski definition) is 2. The lowest BCUT2D eigenvalue weighted by molar-refractivity contribution is -0.183. The minimum Gasteiger partial charge on any atom is -0.481 e. The van der Waals surface area contributed by atoms with Crippen LogP contribution >= 0.6 is 46.4 Å². The van der Waals surface area contributed by atoms with Crippen LogP contribution in [-0.2, 0) is 48.7 Å². The maximum atomic E-state index is 14.2. The number of aliphatic carboxylic acids is 2. The third kappa shape index (κ3) is 14.3. The van der Waals surface area contributed by atoms with Gasteiger partial charge in [0.25, 0.3) is 11.8 Å². The number of carbonyl (C=O) groups is 4. The number of benzene rings is 4. The van der Waals surface area contributed by atoms with Crippen LogP contribution in [0.15, 0.2) is 146 Å². The molecule has 8 atom stereocenters. The molecule has 0 unspecified atom stereocenters. The number of anilines is 2. The summed E-state index contributed by atoms with van der Waals surface area (Å²) in [4.78, 5) is 63.9. The fourth-order valence-electron chi connectivity index (χ4n) is 10.8. The van der Waals surface area contributed by atoms with Crippen molar-refractivity contribution in [3.05, 3.63) is 188 Å². The highest BCUT2D eigenvalue weighted by Crippen LogP contribution is 2.48. The van der Waals surface area contributed by atoms with Gasteiger partial charge < -0.3 is 29.5 Å². The zero-order chi connectivity index (χ0) is 60.0. The molecular formula is C60H62Cl4N6O12S2. The molecule has 6 aromatic rings. The Kier molecular flexibility index (Phi) is 19.9. The van der Waals surface area contributed by atoms with Gasteiger partial charge in [0.15, 0.2) is 0 Å². The molecule has 4 aromatic carbocycles. The quantitative estimate of drug-likeness (QED) is 0.0644. The van der Waals surface area contributed by atoms with Crippen molar-refractivity contribution >= 4 is 102 Å². The van der Waals surface area contributed by atoms with Crippen LogP contribution in [0.2, 0.25) is 20.1 Å². The van der Waals surface area contributed by atoms with E-state index in [4.69, 9.17) is 55.9 Å². The lowest BCUT2D eigenvalue weighted by Gasteiger charge is -2.48. The van der Waals surface area contributed by atoms with Gasteiger partial charge in [-0.3, -0.25) is 27.8 Å². The Bertz CT molecular complexity index is 3300. The average molecular weight is 1270 g/mol. The second kappa shape index (κ2) is 26.9. The standard InChI is InChI=1S/2C30H31Cl2N3O6S/c2*1-2-23(18-34(26-8-3-4-15-33-26)42(39,40)24-13-14-24)35-28(19-9-11-21(31)12-10-19)29(20-6-5-7-22(32)16-20)41-25(30(35)38)17-27(36)37/h2*3-12,15-16,23-25,28-29H,2,13-14,17-18H2,1H3,(H,36,37)/t23-,25+,28+,29+;23-,25-,28+,29+/m00/s1. The van der Waals surface area contributed by atoms with E-state index in [0.29, 0.717) is 80.9 Å². The smallest absolute Gasteiger partial charge is 0.306 e. The molecule has 0 radical (unpaired) electrons. The van der Waals surface area contributed by atoms with Crippen LogP contribution in [0, 0.1) is 0 Å². The number of aromatic nitrogens is 2. The van der Waals surface area contributed by atoms with Crippen molar-refractivity contribution in [2.45, 2.75) is 124 Å². The van der Waals surface area contributed by atoms with Crippen molar-refractivity contribution in [1.29, 1.82) is 0 Å². The van der Waals surface area contributed by atoms with Gasteiger partial charge in [0, 0.05) is 32.5 Å². The van der Waals surface area contributed by atoms with Gasteiger partial charge >= 0.3 is 11.9 Å². The van der Waals surface area contributed by atoms with Crippen LogP contribution in [0.1, 0.15) is 112 Å². The lowest BCUT2D eigenvalue weighted by atomic mass is 9.89. The monoisotopic (exact) mass is 1260 g/mol. The van der Waals surface area contributed by atoms with Crippen molar-refractivity contribution in [1.82, 2.24) is 19.8 Å². The first-order valence-electron chi connectivity index (χ1n) is 27.5. The average Bonchev–Trinajstić information content (AvgIpc) is 1.29. The Labute approximate surface area is 508 Å². The summed E-state index contributed by atoms with van der Waals surface area (Å²) in [5.74, 6) is -2.93. The highest BCUT2D eigenvalue weighted by Gasteiger charge is 2.51. The van der Waals surface area contributed by atoms with Gasteiger partial charge in [-0.15, -0.1) is 0 Å². The number of nitrogens with zero attached hydrogens (tertiary/aromatic N) is 6. The van der Waals surface area contributed by atoms with Crippen molar-refractivity contribution < 1.29 is 55.7 Å². The Hall–Kier alpha value is -6.36. The molecule has 18 nitrogen and oxygen atoms in total. The number of carboxylic acid groups (broad SMARTS) is 2. The van der Waals surface area contributed by atoms with E-state index in [1.807, 2.05) is 26.0 Å². The first-order valence-corrected chi connectivity index (χ1v) is 32.0. The molecule has 2 aliphatic heterocycles. The summed E-state index contributed by atoms with van der Waals surface area (Å²) < 4.78 is 69.9. The lowest BCUT2D eigenvalue weighted by Crippen LogP contribution is -2.58. The summed E-state index contributed by atoms with van der Waals surface area (Å²) in [6.45, 7) is 3.61. The Morgan fingerprint density at radius 2 is 0.905 bits per heavy atom. The Balaban J connectivity index is 0.000000202. The predicted octanol–water partition coefficient (Wildman–Crippen LogP) is 11.3. The van der Waals surface area contributed by atoms with Crippen molar-refractivity contribution in [2.24, 2.45) is 0 Å². The highest BCUT2D eigenvalue weighted by atomic mass is 35.5.